The Labute approximate surface area is 127 Å². The van der Waals surface area contributed by atoms with E-state index >= 15 is 0 Å². The quantitative estimate of drug-likeness (QED) is 0.628. The Morgan fingerprint density at radius 2 is 1.62 bits per heavy atom. The SMILES string of the molecule is CC(C)NC(=O)CCCC(=O)NCC1(O)CCCCCC1. The van der Waals surface area contributed by atoms with E-state index in [1.165, 1.54) is 12.8 Å². The molecule has 0 spiro atoms. The van der Waals surface area contributed by atoms with Crippen LogP contribution in [0.15, 0.2) is 0 Å². The predicted octanol–water partition coefficient (Wildman–Crippen LogP) is 1.88. The molecule has 122 valence electrons. The van der Waals surface area contributed by atoms with E-state index in [9.17, 15) is 14.7 Å². The summed E-state index contributed by atoms with van der Waals surface area (Å²) in [6, 6.07) is 0.135. The van der Waals surface area contributed by atoms with Crippen molar-refractivity contribution in [1.82, 2.24) is 10.6 Å². The van der Waals surface area contributed by atoms with E-state index in [1.54, 1.807) is 0 Å². The third-order valence-corrected chi connectivity index (χ3v) is 3.91. The highest BCUT2D eigenvalue weighted by Gasteiger charge is 2.28. The lowest BCUT2D eigenvalue weighted by atomic mass is 9.94. The molecule has 21 heavy (non-hydrogen) atoms. The van der Waals surface area contributed by atoms with E-state index in [1.807, 2.05) is 13.8 Å². The fourth-order valence-corrected chi connectivity index (χ4v) is 2.72. The van der Waals surface area contributed by atoms with E-state index in [0.717, 1.165) is 25.7 Å². The molecular formula is C16H30N2O3. The minimum Gasteiger partial charge on any atom is -0.388 e. The molecule has 0 radical (unpaired) electrons. The number of carbonyl (C=O) groups is 2. The van der Waals surface area contributed by atoms with Gasteiger partial charge in [-0.25, -0.2) is 0 Å². The van der Waals surface area contributed by atoms with Crippen LogP contribution in [-0.2, 0) is 9.59 Å². The number of amides is 2. The third-order valence-electron chi connectivity index (χ3n) is 3.91. The number of hydrogen-bond donors (Lipinski definition) is 3. The second-order valence-corrected chi connectivity index (χ2v) is 6.49. The van der Waals surface area contributed by atoms with Gasteiger partial charge in [0, 0.05) is 25.4 Å². The molecule has 1 rings (SSSR count). The van der Waals surface area contributed by atoms with Crippen molar-refractivity contribution in [2.24, 2.45) is 0 Å². The topological polar surface area (TPSA) is 78.4 Å². The molecule has 0 aromatic carbocycles. The molecular weight excluding hydrogens is 268 g/mol. The van der Waals surface area contributed by atoms with E-state index in [-0.39, 0.29) is 17.9 Å². The minimum absolute atomic E-state index is 0.0137. The van der Waals surface area contributed by atoms with Gasteiger partial charge in [-0.3, -0.25) is 9.59 Å². The zero-order valence-corrected chi connectivity index (χ0v) is 13.4. The van der Waals surface area contributed by atoms with Crippen molar-refractivity contribution < 1.29 is 14.7 Å². The van der Waals surface area contributed by atoms with Gasteiger partial charge in [0.05, 0.1) is 5.60 Å². The largest absolute Gasteiger partial charge is 0.388 e. The molecule has 5 heteroatoms. The van der Waals surface area contributed by atoms with Gasteiger partial charge in [-0.15, -0.1) is 0 Å². The lowest BCUT2D eigenvalue weighted by Crippen LogP contribution is -2.42. The third kappa shape index (κ3) is 8.05. The second kappa shape index (κ2) is 9.03. The first-order valence-corrected chi connectivity index (χ1v) is 8.20. The van der Waals surface area contributed by atoms with Crippen LogP contribution < -0.4 is 10.6 Å². The number of carbonyl (C=O) groups excluding carboxylic acids is 2. The molecule has 0 aliphatic heterocycles. The van der Waals surface area contributed by atoms with Crippen LogP contribution in [0.1, 0.15) is 71.6 Å². The molecule has 0 aromatic heterocycles. The van der Waals surface area contributed by atoms with E-state index in [4.69, 9.17) is 0 Å². The average Bonchev–Trinajstić information content (AvgIpc) is 2.61. The summed E-state index contributed by atoms with van der Waals surface area (Å²) >= 11 is 0. The normalized spacial score (nSPS) is 18.1. The monoisotopic (exact) mass is 298 g/mol. The summed E-state index contributed by atoms with van der Waals surface area (Å²) in [5.74, 6) is -0.0924. The van der Waals surface area contributed by atoms with E-state index < -0.39 is 5.60 Å². The number of nitrogens with one attached hydrogen (secondary N) is 2. The van der Waals surface area contributed by atoms with Crippen LogP contribution in [0.3, 0.4) is 0 Å². The second-order valence-electron chi connectivity index (χ2n) is 6.49. The van der Waals surface area contributed by atoms with Gasteiger partial charge in [0.1, 0.15) is 0 Å². The summed E-state index contributed by atoms with van der Waals surface area (Å²) in [6.07, 6.45) is 7.18. The molecule has 0 bridgehead atoms. The molecule has 0 unspecified atom stereocenters. The van der Waals surface area contributed by atoms with Crippen LogP contribution in [0.25, 0.3) is 0 Å². The van der Waals surface area contributed by atoms with Crippen LogP contribution in [0, 0.1) is 0 Å². The summed E-state index contributed by atoms with van der Waals surface area (Å²) in [5, 5.41) is 16.1. The van der Waals surface area contributed by atoms with E-state index in [2.05, 4.69) is 10.6 Å². The summed E-state index contributed by atoms with van der Waals surface area (Å²) in [5.41, 5.74) is -0.735. The van der Waals surface area contributed by atoms with Crippen molar-refractivity contribution in [2.45, 2.75) is 83.3 Å². The molecule has 2 amide bonds. The van der Waals surface area contributed by atoms with Crippen molar-refractivity contribution >= 4 is 11.8 Å². The summed E-state index contributed by atoms with van der Waals surface area (Å²) in [6.45, 7) is 4.17. The Balaban J connectivity index is 2.17. The van der Waals surface area contributed by atoms with Gasteiger partial charge in [0.15, 0.2) is 0 Å². The fraction of sp³-hybridized carbons (Fsp3) is 0.875. The zero-order chi connectivity index (χ0) is 15.7. The van der Waals surface area contributed by atoms with Crippen molar-refractivity contribution in [3.8, 4) is 0 Å². The van der Waals surface area contributed by atoms with Crippen LogP contribution in [0.2, 0.25) is 0 Å². The van der Waals surface area contributed by atoms with Crippen molar-refractivity contribution in [3.63, 3.8) is 0 Å². The number of aliphatic hydroxyl groups is 1. The highest BCUT2D eigenvalue weighted by molar-refractivity contribution is 5.78. The van der Waals surface area contributed by atoms with Crippen molar-refractivity contribution in [3.05, 3.63) is 0 Å². The molecule has 1 fully saturated rings. The Bertz CT molecular complexity index is 334. The van der Waals surface area contributed by atoms with Crippen LogP contribution >= 0.6 is 0 Å². The van der Waals surface area contributed by atoms with E-state index in [0.29, 0.717) is 25.8 Å². The lowest BCUT2D eigenvalue weighted by Gasteiger charge is -2.26. The predicted molar refractivity (Wildman–Crippen MR) is 82.8 cm³/mol. The highest BCUT2D eigenvalue weighted by atomic mass is 16.3. The van der Waals surface area contributed by atoms with Gasteiger partial charge in [0.2, 0.25) is 11.8 Å². The first-order valence-electron chi connectivity index (χ1n) is 8.20. The highest BCUT2D eigenvalue weighted by Crippen LogP contribution is 2.26. The maximum Gasteiger partial charge on any atom is 0.220 e. The molecule has 1 aliphatic rings. The van der Waals surface area contributed by atoms with Gasteiger partial charge in [-0.2, -0.15) is 0 Å². The van der Waals surface area contributed by atoms with Gasteiger partial charge in [-0.05, 0) is 33.1 Å². The minimum atomic E-state index is -0.735. The van der Waals surface area contributed by atoms with Crippen molar-refractivity contribution in [1.29, 1.82) is 0 Å². The van der Waals surface area contributed by atoms with Gasteiger partial charge in [-0.1, -0.05) is 25.7 Å². The summed E-state index contributed by atoms with van der Waals surface area (Å²) in [7, 11) is 0. The molecule has 3 N–H and O–H groups in total. The smallest absolute Gasteiger partial charge is 0.220 e. The Kier molecular flexibility index (Phi) is 7.72. The number of hydrogen-bond acceptors (Lipinski definition) is 3. The first kappa shape index (κ1) is 18.0. The summed E-state index contributed by atoms with van der Waals surface area (Å²) in [4.78, 5) is 23.2. The Morgan fingerprint density at radius 3 is 2.19 bits per heavy atom. The lowest BCUT2D eigenvalue weighted by molar-refractivity contribution is -0.123. The fourth-order valence-electron chi connectivity index (χ4n) is 2.72. The number of rotatable bonds is 7. The Morgan fingerprint density at radius 1 is 1.05 bits per heavy atom. The molecule has 1 saturated carbocycles. The molecule has 1 aliphatic carbocycles. The molecule has 0 saturated heterocycles. The standard InChI is InChI=1S/C16H30N2O3/c1-13(2)18-15(20)9-7-8-14(19)17-12-16(21)10-5-3-4-6-11-16/h13,21H,3-12H2,1-2H3,(H,17,19)(H,18,20). The first-order chi connectivity index (χ1) is 9.91. The van der Waals surface area contributed by atoms with Crippen LogP contribution in [-0.4, -0.2) is 35.1 Å². The molecule has 0 aromatic rings. The zero-order valence-electron chi connectivity index (χ0n) is 13.4. The van der Waals surface area contributed by atoms with Crippen molar-refractivity contribution in [2.75, 3.05) is 6.54 Å². The maximum absolute atomic E-state index is 11.8. The average molecular weight is 298 g/mol. The Hall–Kier alpha value is -1.10. The summed E-state index contributed by atoms with van der Waals surface area (Å²) < 4.78 is 0. The van der Waals surface area contributed by atoms with Gasteiger partial charge in [0.25, 0.3) is 0 Å². The molecule has 0 atom stereocenters. The maximum atomic E-state index is 11.8. The van der Waals surface area contributed by atoms with Gasteiger partial charge >= 0.3 is 0 Å². The van der Waals surface area contributed by atoms with Crippen LogP contribution in [0.5, 0.6) is 0 Å². The molecule has 5 nitrogen and oxygen atoms in total. The van der Waals surface area contributed by atoms with Gasteiger partial charge < -0.3 is 15.7 Å². The van der Waals surface area contributed by atoms with Crippen LogP contribution in [0.4, 0.5) is 0 Å². The molecule has 0 heterocycles.